The highest BCUT2D eigenvalue weighted by molar-refractivity contribution is 5.81. The van der Waals surface area contributed by atoms with E-state index in [1.165, 1.54) is 0 Å². The van der Waals surface area contributed by atoms with Crippen LogP contribution in [0.25, 0.3) is 0 Å². The third-order valence-electron chi connectivity index (χ3n) is 2.95. The van der Waals surface area contributed by atoms with Gasteiger partial charge in [0.15, 0.2) is 0 Å². The van der Waals surface area contributed by atoms with E-state index in [1.807, 2.05) is 30.3 Å². The van der Waals surface area contributed by atoms with E-state index in [2.05, 4.69) is 6.58 Å². The summed E-state index contributed by atoms with van der Waals surface area (Å²) in [6, 6.07) is 9.45. The Kier molecular flexibility index (Phi) is 3.06. The summed E-state index contributed by atoms with van der Waals surface area (Å²) in [6.45, 7) is 3.55. The van der Waals surface area contributed by atoms with Crippen LogP contribution in [0.3, 0.4) is 0 Å². The Morgan fingerprint density at radius 3 is 2.62 bits per heavy atom. The second-order valence-electron chi connectivity index (χ2n) is 3.86. The summed E-state index contributed by atoms with van der Waals surface area (Å²) >= 11 is 0. The van der Waals surface area contributed by atoms with Gasteiger partial charge in [0, 0.05) is 5.92 Å². The van der Waals surface area contributed by atoms with Crippen LogP contribution in [0.15, 0.2) is 43.0 Å². The van der Waals surface area contributed by atoms with Gasteiger partial charge < -0.3 is 9.84 Å². The van der Waals surface area contributed by atoms with Crippen molar-refractivity contribution < 1.29 is 14.6 Å². The Hall–Kier alpha value is -1.61. The van der Waals surface area contributed by atoms with Gasteiger partial charge in [-0.05, 0) is 5.56 Å². The molecular weight excluding hydrogens is 204 g/mol. The van der Waals surface area contributed by atoms with Crippen LogP contribution >= 0.6 is 0 Å². The minimum absolute atomic E-state index is 0.153. The van der Waals surface area contributed by atoms with Crippen molar-refractivity contribution in [2.45, 2.75) is 12.0 Å². The minimum atomic E-state index is -0.463. The van der Waals surface area contributed by atoms with Crippen molar-refractivity contribution in [3.8, 4) is 0 Å². The molecule has 0 aromatic heterocycles. The first-order chi connectivity index (χ1) is 7.77. The number of ether oxygens (including phenoxy) is 1. The highest BCUT2D eigenvalue weighted by Gasteiger charge is 2.43. The summed E-state index contributed by atoms with van der Waals surface area (Å²) in [5.41, 5.74) is 0.911. The van der Waals surface area contributed by atoms with Gasteiger partial charge in [0.2, 0.25) is 0 Å². The van der Waals surface area contributed by atoms with Crippen molar-refractivity contribution in [3.05, 3.63) is 48.6 Å². The fraction of sp³-hybridized carbons (Fsp3) is 0.308. The summed E-state index contributed by atoms with van der Waals surface area (Å²) in [7, 11) is 0. The number of carbonyl (C=O) groups excluding carboxylic acids is 1. The van der Waals surface area contributed by atoms with Crippen molar-refractivity contribution in [1.29, 1.82) is 0 Å². The number of cyclic esters (lactones) is 1. The highest BCUT2D eigenvalue weighted by atomic mass is 16.6. The van der Waals surface area contributed by atoms with Gasteiger partial charge >= 0.3 is 5.97 Å². The minimum Gasteiger partial charge on any atom is -0.459 e. The molecule has 16 heavy (non-hydrogen) atoms. The van der Waals surface area contributed by atoms with E-state index in [0.29, 0.717) is 0 Å². The Bertz CT molecular complexity index is 385. The van der Waals surface area contributed by atoms with Crippen LogP contribution in [-0.4, -0.2) is 23.8 Å². The molecule has 1 heterocycles. The molecule has 1 aliphatic rings. The van der Waals surface area contributed by atoms with Crippen LogP contribution in [0, 0.1) is 5.92 Å². The predicted molar refractivity (Wildman–Crippen MR) is 59.8 cm³/mol. The standard InChI is InChI=1S/C13H14O3/c1-2-10-11(8-14)16-13(15)12(10)9-6-4-3-5-7-9/h2-7,10-12,14H,1,8H2/t10-,11+,12+/m0/s1. The molecule has 1 aromatic carbocycles. The van der Waals surface area contributed by atoms with Crippen LogP contribution in [0.4, 0.5) is 0 Å². The maximum atomic E-state index is 11.7. The fourth-order valence-electron chi connectivity index (χ4n) is 2.14. The van der Waals surface area contributed by atoms with Gasteiger partial charge in [0.25, 0.3) is 0 Å². The Balaban J connectivity index is 2.33. The van der Waals surface area contributed by atoms with Crippen molar-refractivity contribution in [2.24, 2.45) is 5.92 Å². The third-order valence-corrected chi connectivity index (χ3v) is 2.95. The molecule has 1 N–H and O–H groups in total. The van der Waals surface area contributed by atoms with Gasteiger partial charge in [0.05, 0.1) is 12.5 Å². The number of rotatable bonds is 3. The molecule has 1 aliphatic heterocycles. The second kappa shape index (κ2) is 4.49. The van der Waals surface area contributed by atoms with E-state index in [0.717, 1.165) is 5.56 Å². The number of hydrogen-bond donors (Lipinski definition) is 1. The molecule has 0 aliphatic carbocycles. The van der Waals surface area contributed by atoms with E-state index < -0.39 is 6.10 Å². The van der Waals surface area contributed by atoms with Crippen molar-refractivity contribution in [2.75, 3.05) is 6.61 Å². The number of benzene rings is 1. The zero-order chi connectivity index (χ0) is 11.5. The lowest BCUT2D eigenvalue weighted by Gasteiger charge is -2.15. The van der Waals surface area contributed by atoms with Crippen molar-refractivity contribution in [1.82, 2.24) is 0 Å². The van der Waals surface area contributed by atoms with Crippen molar-refractivity contribution >= 4 is 5.97 Å². The van der Waals surface area contributed by atoms with Gasteiger partial charge in [-0.2, -0.15) is 0 Å². The maximum absolute atomic E-state index is 11.7. The monoisotopic (exact) mass is 218 g/mol. The normalized spacial score (nSPS) is 28.8. The lowest BCUT2D eigenvalue weighted by atomic mass is 9.85. The first kappa shape index (κ1) is 10.9. The van der Waals surface area contributed by atoms with Gasteiger partial charge in [0.1, 0.15) is 6.10 Å². The summed E-state index contributed by atoms with van der Waals surface area (Å²) in [6.07, 6.45) is 1.22. The lowest BCUT2D eigenvalue weighted by Crippen LogP contribution is -2.21. The summed E-state index contributed by atoms with van der Waals surface area (Å²) in [5, 5.41) is 9.13. The van der Waals surface area contributed by atoms with E-state index in [-0.39, 0.29) is 24.4 Å². The van der Waals surface area contributed by atoms with E-state index in [1.54, 1.807) is 6.08 Å². The lowest BCUT2D eigenvalue weighted by molar-refractivity contribution is -0.143. The molecule has 1 aromatic rings. The third kappa shape index (κ3) is 1.74. The van der Waals surface area contributed by atoms with Gasteiger partial charge in [-0.3, -0.25) is 4.79 Å². The first-order valence-electron chi connectivity index (χ1n) is 5.26. The van der Waals surface area contributed by atoms with E-state index >= 15 is 0 Å². The van der Waals surface area contributed by atoms with Crippen LogP contribution < -0.4 is 0 Å². The van der Waals surface area contributed by atoms with Crippen LogP contribution in [0.5, 0.6) is 0 Å². The molecule has 2 rings (SSSR count). The molecule has 0 unspecified atom stereocenters. The predicted octanol–water partition coefficient (Wildman–Crippen LogP) is 1.49. The number of carbonyl (C=O) groups is 1. The largest absolute Gasteiger partial charge is 0.459 e. The van der Waals surface area contributed by atoms with Crippen LogP contribution in [-0.2, 0) is 9.53 Å². The average molecular weight is 218 g/mol. The molecule has 0 bridgehead atoms. The Morgan fingerprint density at radius 2 is 2.06 bits per heavy atom. The number of esters is 1. The number of aliphatic hydroxyl groups excluding tert-OH is 1. The topological polar surface area (TPSA) is 46.5 Å². The molecule has 1 fully saturated rings. The number of hydrogen-bond acceptors (Lipinski definition) is 3. The molecule has 3 atom stereocenters. The fourth-order valence-corrected chi connectivity index (χ4v) is 2.14. The van der Waals surface area contributed by atoms with Gasteiger partial charge in [-0.15, -0.1) is 6.58 Å². The van der Waals surface area contributed by atoms with Crippen LogP contribution in [0.1, 0.15) is 11.5 Å². The summed E-state index contributed by atoms with van der Waals surface area (Å²) in [5.74, 6) is -0.772. The number of aliphatic hydroxyl groups is 1. The second-order valence-corrected chi connectivity index (χ2v) is 3.86. The van der Waals surface area contributed by atoms with Gasteiger partial charge in [-0.25, -0.2) is 0 Å². The Labute approximate surface area is 94.4 Å². The molecular formula is C13H14O3. The first-order valence-corrected chi connectivity index (χ1v) is 5.26. The smallest absolute Gasteiger partial charge is 0.314 e. The Morgan fingerprint density at radius 1 is 1.38 bits per heavy atom. The molecule has 0 saturated carbocycles. The zero-order valence-electron chi connectivity index (χ0n) is 8.87. The quantitative estimate of drug-likeness (QED) is 0.617. The highest BCUT2D eigenvalue weighted by Crippen LogP contribution is 2.36. The van der Waals surface area contributed by atoms with E-state index in [4.69, 9.17) is 9.84 Å². The molecule has 1 saturated heterocycles. The molecule has 3 nitrogen and oxygen atoms in total. The molecule has 0 radical (unpaired) electrons. The molecule has 0 spiro atoms. The molecule has 3 heteroatoms. The average Bonchev–Trinajstić information content (AvgIpc) is 2.66. The SMILES string of the molecule is C=C[C@@H]1[C@@H](c2ccccc2)C(=O)O[C@@H]1CO. The molecule has 84 valence electrons. The van der Waals surface area contributed by atoms with Gasteiger partial charge in [-0.1, -0.05) is 36.4 Å². The molecule has 0 amide bonds. The summed E-state index contributed by atoms with van der Waals surface area (Å²) in [4.78, 5) is 11.7. The zero-order valence-corrected chi connectivity index (χ0v) is 8.87. The van der Waals surface area contributed by atoms with E-state index in [9.17, 15) is 4.79 Å². The summed E-state index contributed by atoms with van der Waals surface area (Å²) < 4.78 is 5.12. The van der Waals surface area contributed by atoms with Crippen molar-refractivity contribution in [3.63, 3.8) is 0 Å². The maximum Gasteiger partial charge on any atom is 0.314 e. The van der Waals surface area contributed by atoms with Crippen LogP contribution in [0.2, 0.25) is 0 Å².